The Labute approximate surface area is 154 Å². The smallest absolute Gasteiger partial charge is 0.257 e. The summed E-state index contributed by atoms with van der Waals surface area (Å²) in [5, 5.41) is 0.742. The second-order valence-electron chi connectivity index (χ2n) is 5.97. The molecule has 1 aliphatic rings. The number of rotatable bonds is 3. The van der Waals surface area contributed by atoms with Gasteiger partial charge in [0.25, 0.3) is 5.91 Å². The molecule has 0 unspecified atom stereocenters. The molecule has 1 amide bonds. The predicted molar refractivity (Wildman–Crippen MR) is 95.9 cm³/mol. The maximum absolute atomic E-state index is 13.9. The summed E-state index contributed by atoms with van der Waals surface area (Å²) >= 11 is 9.31. The Kier molecular flexibility index (Phi) is 5.54. The van der Waals surface area contributed by atoms with Crippen molar-refractivity contribution in [3.8, 4) is 0 Å². The lowest BCUT2D eigenvalue weighted by molar-refractivity contribution is -0.917. The van der Waals surface area contributed by atoms with Crippen molar-refractivity contribution in [3.63, 3.8) is 0 Å². The van der Waals surface area contributed by atoms with Crippen molar-refractivity contribution in [2.75, 3.05) is 26.2 Å². The Hall–Kier alpha value is -1.43. The third kappa shape index (κ3) is 4.15. The highest BCUT2D eigenvalue weighted by Crippen LogP contribution is 2.17. The summed E-state index contributed by atoms with van der Waals surface area (Å²) < 4.78 is 14.6. The van der Waals surface area contributed by atoms with E-state index in [2.05, 4.69) is 22.0 Å². The summed E-state index contributed by atoms with van der Waals surface area (Å²) in [5.74, 6) is -0.715. The summed E-state index contributed by atoms with van der Waals surface area (Å²) in [6.45, 7) is 3.82. The normalized spacial score (nSPS) is 15.5. The highest BCUT2D eigenvalue weighted by molar-refractivity contribution is 9.10. The molecule has 0 bridgehead atoms. The monoisotopic (exact) mass is 411 g/mol. The number of nitrogens with one attached hydrogen (secondary N) is 1. The molecule has 1 aliphatic heterocycles. The summed E-state index contributed by atoms with van der Waals surface area (Å²) in [5.41, 5.74) is 1.32. The predicted octanol–water partition coefficient (Wildman–Crippen LogP) is 2.78. The standard InChI is InChI=1S/C18H17BrClFN2O/c19-14-4-5-17(21)16(11-14)18(24)23-8-6-22(7-9-23)12-13-2-1-3-15(20)10-13/h1-5,10-11H,6-9,12H2/p+1. The zero-order valence-electron chi connectivity index (χ0n) is 13.1. The van der Waals surface area contributed by atoms with E-state index in [4.69, 9.17) is 11.6 Å². The van der Waals surface area contributed by atoms with E-state index in [1.54, 1.807) is 17.0 Å². The molecule has 24 heavy (non-hydrogen) atoms. The minimum atomic E-state index is -0.475. The fourth-order valence-electron chi connectivity index (χ4n) is 2.97. The molecule has 126 valence electrons. The van der Waals surface area contributed by atoms with E-state index < -0.39 is 5.82 Å². The van der Waals surface area contributed by atoms with E-state index in [9.17, 15) is 9.18 Å². The zero-order chi connectivity index (χ0) is 17.1. The first-order valence-electron chi connectivity index (χ1n) is 7.85. The molecule has 0 atom stereocenters. The van der Waals surface area contributed by atoms with Crippen molar-refractivity contribution in [2.45, 2.75) is 6.54 Å². The van der Waals surface area contributed by atoms with Gasteiger partial charge >= 0.3 is 0 Å². The van der Waals surface area contributed by atoms with Crippen LogP contribution < -0.4 is 4.90 Å². The minimum Gasteiger partial charge on any atom is -0.328 e. The van der Waals surface area contributed by atoms with Crippen molar-refractivity contribution in [3.05, 3.63) is 68.9 Å². The molecule has 0 saturated carbocycles. The fraction of sp³-hybridized carbons (Fsp3) is 0.278. The molecule has 1 N–H and O–H groups in total. The van der Waals surface area contributed by atoms with Gasteiger partial charge in [-0.15, -0.1) is 0 Å². The molecule has 2 aromatic rings. The number of carbonyl (C=O) groups is 1. The number of quaternary nitrogens is 1. The lowest BCUT2D eigenvalue weighted by atomic mass is 10.1. The molecule has 0 spiro atoms. The Morgan fingerprint density at radius 3 is 2.67 bits per heavy atom. The third-order valence-electron chi connectivity index (χ3n) is 4.26. The molecule has 2 aromatic carbocycles. The summed E-state index contributed by atoms with van der Waals surface area (Å²) in [6.07, 6.45) is 0. The molecule has 3 nitrogen and oxygen atoms in total. The van der Waals surface area contributed by atoms with Gasteiger partial charge in [-0.05, 0) is 30.3 Å². The number of benzene rings is 2. The van der Waals surface area contributed by atoms with Gasteiger partial charge in [-0.1, -0.05) is 39.7 Å². The van der Waals surface area contributed by atoms with Crippen LogP contribution in [0.4, 0.5) is 4.39 Å². The number of amides is 1. The maximum Gasteiger partial charge on any atom is 0.257 e. The highest BCUT2D eigenvalue weighted by Gasteiger charge is 2.26. The first-order valence-corrected chi connectivity index (χ1v) is 9.02. The van der Waals surface area contributed by atoms with Gasteiger partial charge in [0.05, 0.1) is 31.7 Å². The van der Waals surface area contributed by atoms with E-state index in [0.29, 0.717) is 17.6 Å². The Bertz CT molecular complexity index is 748. The third-order valence-corrected chi connectivity index (χ3v) is 4.99. The van der Waals surface area contributed by atoms with Gasteiger partial charge in [0.1, 0.15) is 12.4 Å². The quantitative estimate of drug-likeness (QED) is 0.824. The average molecular weight is 413 g/mol. The Morgan fingerprint density at radius 2 is 1.96 bits per heavy atom. The van der Waals surface area contributed by atoms with Crippen LogP contribution in [0.1, 0.15) is 15.9 Å². The van der Waals surface area contributed by atoms with Gasteiger partial charge in [0.15, 0.2) is 0 Å². The van der Waals surface area contributed by atoms with Gasteiger partial charge in [-0.2, -0.15) is 0 Å². The van der Waals surface area contributed by atoms with Gasteiger partial charge in [-0.25, -0.2) is 4.39 Å². The first-order chi connectivity index (χ1) is 11.5. The molecule has 1 saturated heterocycles. The van der Waals surface area contributed by atoms with Gasteiger partial charge in [0, 0.05) is 15.1 Å². The van der Waals surface area contributed by atoms with Crippen LogP contribution in [0, 0.1) is 5.82 Å². The molecular weight excluding hydrogens is 395 g/mol. The number of nitrogens with zero attached hydrogens (tertiary/aromatic N) is 1. The van der Waals surface area contributed by atoms with Gasteiger partial charge in [0.2, 0.25) is 0 Å². The largest absolute Gasteiger partial charge is 0.328 e. The Balaban J connectivity index is 1.60. The van der Waals surface area contributed by atoms with Crippen LogP contribution in [0.15, 0.2) is 46.9 Å². The second-order valence-corrected chi connectivity index (χ2v) is 7.33. The first kappa shape index (κ1) is 17.4. The molecular formula is C18H18BrClFN2O+. The average Bonchev–Trinajstić information content (AvgIpc) is 2.57. The molecule has 1 heterocycles. The molecule has 3 rings (SSSR count). The van der Waals surface area contributed by atoms with E-state index in [0.717, 1.165) is 24.7 Å². The zero-order valence-corrected chi connectivity index (χ0v) is 15.4. The Morgan fingerprint density at radius 1 is 1.21 bits per heavy atom. The van der Waals surface area contributed by atoms with Crippen molar-refractivity contribution < 1.29 is 14.1 Å². The fourth-order valence-corrected chi connectivity index (χ4v) is 3.54. The summed E-state index contributed by atoms with van der Waals surface area (Å²) in [4.78, 5) is 15.6. The van der Waals surface area contributed by atoms with E-state index in [-0.39, 0.29) is 11.5 Å². The van der Waals surface area contributed by atoms with Crippen LogP contribution in [0.25, 0.3) is 0 Å². The number of carbonyl (C=O) groups excluding carboxylic acids is 1. The maximum atomic E-state index is 13.9. The molecule has 1 fully saturated rings. The van der Waals surface area contributed by atoms with Crippen LogP contribution in [-0.2, 0) is 6.54 Å². The molecule has 0 aromatic heterocycles. The molecule has 0 radical (unpaired) electrons. The van der Waals surface area contributed by atoms with Crippen LogP contribution in [-0.4, -0.2) is 37.0 Å². The number of hydrogen-bond donors (Lipinski definition) is 1. The van der Waals surface area contributed by atoms with E-state index >= 15 is 0 Å². The van der Waals surface area contributed by atoms with E-state index in [1.807, 2.05) is 18.2 Å². The van der Waals surface area contributed by atoms with Crippen LogP contribution in [0.2, 0.25) is 5.02 Å². The number of piperazine rings is 1. The van der Waals surface area contributed by atoms with Gasteiger partial charge in [-0.3, -0.25) is 4.79 Å². The lowest BCUT2D eigenvalue weighted by Crippen LogP contribution is -3.13. The summed E-state index contributed by atoms with van der Waals surface area (Å²) in [7, 11) is 0. The van der Waals surface area contributed by atoms with Crippen LogP contribution >= 0.6 is 27.5 Å². The number of hydrogen-bond acceptors (Lipinski definition) is 1. The van der Waals surface area contributed by atoms with Crippen molar-refractivity contribution >= 4 is 33.4 Å². The molecule has 6 heteroatoms. The van der Waals surface area contributed by atoms with E-state index in [1.165, 1.54) is 16.5 Å². The topological polar surface area (TPSA) is 24.8 Å². The van der Waals surface area contributed by atoms with Crippen LogP contribution in [0.5, 0.6) is 0 Å². The number of halogens is 3. The van der Waals surface area contributed by atoms with Crippen molar-refractivity contribution in [1.29, 1.82) is 0 Å². The van der Waals surface area contributed by atoms with Crippen molar-refractivity contribution in [2.24, 2.45) is 0 Å². The van der Waals surface area contributed by atoms with Crippen molar-refractivity contribution in [1.82, 2.24) is 4.90 Å². The highest BCUT2D eigenvalue weighted by atomic mass is 79.9. The van der Waals surface area contributed by atoms with Gasteiger partial charge < -0.3 is 9.80 Å². The van der Waals surface area contributed by atoms with Crippen LogP contribution in [0.3, 0.4) is 0 Å². The second kappa shape index (κ2) is 7.64. The SMILES string of the molecule is O=C(c1cc(Br)ccc1F)N1CC[NH+](Cc2cccc(Cl)c2)CC1. The lowest BCUT2D eigenvalue weighted by Gasteiger charge is -2.32. The molecule has 0 aliphatic carbocycles. The summed E-state index contributed by atoms with van der Waals surface area (Å²) in [6, 6.07) is 12.3. The minimum absolute atomic E-state index is 0.127.